The van der Waals surface area contributed by atoms with Gasteiger partial charge >= 0.3 is 0 Å². The molecular formula is C17H27FN2. The van der Waals surface area contributed by atoms with E-state index in [1.807, 2.05) is 6.07 Å². The van der Waals surface area contributed by atoms with E-state index < -0.39 is 0 Å². The van der Waals surface area contributed by atoms with Gasteiger partial charge in [0.1, 0.15) is 5.82 Å². The number of halogens is 1. The molecule has 0 aromatic heterocycles. The standard InChI is InChI=1S/C17H27FN2/c1-17(2,3)13-6-5-10-20(11-9-13)16-8-4-7-15(18)14(16)12-19/h4,7-8,13H,5-6,9-12,19H2,1-3H3. The van der Waals surface area contributed by atoms with Crippen molar-refractivity contribution < 1.29 is 4.39 Å². The zero-order chi connectivity index (χ0) is 14.8. The quantitative estimate of drug-likeness (QED) is 0.888. The lowest BCUT2D eigenvalue weighted by molar-refractivity contribution is 0.220. The molecule has 3 heteroatoms. The number of nitrogens with two attached hydrogens (primary N) is 1. The molecule has 112 valence electrons. The van der Waals surface area contributed by atoms with E-state index in [1.165, 1.54) is 25.3 Å². The second kappa shape index (κ2) is 6.13. The topological polar surface area (TPSA) is 29.3 Å². The van der Waals surface area contributed by atoms with Gasteiger partial charge in [-0.2, -0.15) is 0 Å². The molecule has 0 aliphatic carbocycles. The maximum absolute atomic E-state index is 13.9. The second-order valence-corrected chi connectivity index (χ2v) is 6.92. The van der Waals surface area contributed by atoms with Gasteiger partial charge in [0.25, 0.3) is 0 Å². The molecule has 1 aromatic carbocycles. The monoisotopic (exact) mass is 278 g/mol. The third-order valence-electron chi connectivity index (χ3n) is 4.59. The summed E-state index contributed by atoms with van der Waals surface area (Å²) < 4.78 is 13.9. The summed E-state index contributed by atoms with van der Waals surface area (Å²) in [5, 5.41) is 0. The van der Waals surface area contributed by atoms with Crippen molar-refractivity contribution in [3.05, 3.63) is 29.6 Å². The van der Waals surface area contributed by atoms with Gasteiger partial charge in [0.05, 0.1) is 0 Å². The third kappa shape index (κ3) is 3.32. The Morgan fingerprint density at radius 3 is 2.65 bits per heavy atom. The number of hydrogen-bond donors (Lipinski definition) is 1. The molecule has 1 atom stereocenters. The van der Waals surface area contributed by atoms with Crippen molar-refractivity contribution in [1.82, 2.24) is 0 Å². The molecule has 1 heterocycles. The minimum atomic E-state index is -0.179. The van der Waals surface area contributed by atoms with Gasteiger partial charge in [0.15, 0.2) is 0 Å². The van der Waals surface area contributed by atoms with Gasteiger partial charge < -0.3 is 10.6 Å². The molecule has 0 amide bonds. The van der Waals surface area contributed by atoms with Crippen LogP contribution in [0.15, 0.2) is 18.2 Å². The van der Waals surface area contributed by atoms with Gasteiger partial charge in [-0.1, -0.05) is 26.8 Å². The average molecular weight is 278 g/mol. The number of nitrogens with zero attached hydrogens (tertiary/aromatic N) is 1. The summed E-state index contributed by atoms with van der Waals surface area (Å²) in [6, 6.07) is 5.29. The Kier molecular flexibility index (Phi) is 4.69. The van der Waals surface area contributed by atoms with Crippen LogP contribution < -0.4 is 10.6 Å². The Labute approximate surface area is 122 Å². The van der Waals surface area contributed by atoms with E-state index in [1.54, 1.807) is 6.07 Å². The highest BCUT2D eigenvalue weighted by atomic mass is 19.1. The number of hydrogen-bond acceptors (Lipinski definition) is 2. The van der Waals surface area contributed by atoms with Crippen molar-refractivity contribution in [3.63, 3.8) is 0 Å². The van der Waals surface area contributed by atoms with Gasteiger partial charge in [0, 0.05) is 30.9 Å². The van der Waals surface area contributed by atoms with Crippen LogP contribution in [-0.2, 0) is 6.54 Å². The summed E-state index contributed by atoms with van der Waals surface area (Å²) in [7, 11) is 0. The molecule has 1 aliphatic rings. The minimum absolute atomic E-state index is 0.179. The van der Waals surface area contributed by atoms with E-state index >= 15 is 0 Å². The lowest BCUT2D eigenvalue weighted by Gasteiger charge is -2.30. The van der Waals surface area contributed by atoms with Crippen LogP contribution in [0.4, 0.5) is 10.1 Å². The van der Waals surface area contributed by atoms with Gasteiger partial charge in [-0.25, -0.2) is 4.39 Å². The van der Waals surface area contributed by atoms with E-state index in [0.29, 0.717) is 11.0 Å². The Balaban J connectivity index is 2.17. The fraction of sp³-hybridized carbons (Fsp3) is 0.647. The molecule has 1 aromatic rings. The summed E-state index contributed by atoms with van der Waals surface area (Å²) in [4.78, 5) is 2.32. The van der Waals surface area contributed by atoms with Gasteiger partial charge in [-0.05, 0) is 42.7 Å². The van der Waals surface area contributed by atoms with E-state index in [2.05, 4.69) is 25.7 Å². The molecule has 1 unspecified atom stereocenters. The van der Waals surface area contributed by atoms with Gasteiger partial charge in [-0.3, -0.25) is 0 Å². The summed E-state index contributed by atoms with van der Waals surface area (Å²) in [6.07, 6.45) is 3.60. The Morgan fingerprint density at radius 1 is 1.25 bits per heavy atom. The Hall–Kier alpha value is -1.09. The Bertz CT molecular complexity index is 451. The molecule has 2 rings (SSSR count). The fourth-order valence-corrected chi connectivity index (χ4v) is 3.25. The normalized spacial score (nSPS) is 20.9. The maximum atomic E-state index is 13.9. The summed E-state index contributed by atoms with van der Waals surface area (Å²) in [6.45, 7) is 9.23. The first kappa shape index (κ1) is 15.3. The van der Waals surface area contributed by atoms with E-state index in [9.17, 15) is 4.39 Å². The van der Waals surface area contributed by atoms with E-state index in [4.69, 9.17) is 5.73 Å². The molecule has 0 saturated carbocycles. The fourth-order valence-electron chi connectivity index (χ4n) is 3.25. The lowest BCUT2D eigenvalue weighted by Crippen LogP contribution is -2.27. The molecule has 0 radical (unpaired) electrons. The summed E-state index contributed by atoms with van der Waals surface area (Å²) in [5.74, 6) is 0.559. The maximum Gasteiger partial charge on any atom is 0.129 e. The third-order valence-corrected chi connectivity index (χ3v) is 4.59. The molecule has 0 bridgehead atoms. The molecule has 1 aliphatic heterocycles. The number of rotatable bonds is 2. The zero-order valence-electron chi connectivity index (χ0n) is 13.0. The van der Waals surface area contributed by atoms with Crippen molar-refractivity contribution in [2.75, 3.05) is 18.0 Å². The largest absolute Gasteiger partial charge is 0.371 e. The summed E-state index contributed by atoms with van der Waals surface area (Å²) >= 11 is 0. The first-order valence-electron chi connectivity index (χ1n) is 7.66. The summed E-state index contributed by atoms with van der Waals surface area (Å²) in [5.41, 5.74) is 7.73. The van der Waals surface area contributed by atoms with Crippen molar-refractivity contribution >= 4 is 5.69 Å². The predicted molar refractivity (Wildman–Crippen MR) is 83.3 cm³/mol. The molecule has 1 saturated heterocycles. The number of benzene rings is 1. The highest BCUT2D eigenvalue weighted by molar-refractivity contribution is 5.54. The van der Waals surface area contributed by atoms with Crippen LogP contribution in [-0.4, -0.2) is 13.1 Å². The molecule has 1 fully saturated rings. The molecular weight excluding hydrogens is 251 g/mol. The van der Waals surface area contributed by atoms with Crippen LogP contribution in [0.3, 0.4) is 0 Å². The van der Waals surface area contributed by atoms with Gasteiger partial charge in [-0.15, -0.1) is 0 Å². The lowest BCUT2D eigenvalue weighted by atomic mass is 9.77. The highest BCUT2D eigenvalue weighted by Gasteiger charge is 2.27. The highest BCUT2D eigenvalue weighted by Crippen LogP contribution is 2.35. The van der Waals surface area contributed by atoms with E-state index in [-0.39, 0.29) is 12.4 Å². The van der Waals surface area contributed by atoms with E-state index in [0.717, 1.165) is 24.7 Å². The molecule has 2 nitrogen and oxygen atoms in total. The first-order valence-corrected chi connectivity index (χ1v) is 7.66. The SMILES string of the molecule is CC(C)(C)C1CCCN(c2cccc(F)c2CN)CC1. The minimum Gasteiger partial charge on any atom is -0.371 e. The van der Waals surface area contributed by atoms with Crippen LogP contribution >= 0.6 is 0 Å². The average Bonchev–Trinajstić information content (AvgIpc) is 2.63. The van der Waals surface area contributed by atoms with Crippen molar-refractivity contribution in [3.8, 4) is 0 Å². The zero-order valence-corrected chi connectivity index (χ0v) is 13.0. The van der Waals surface area contributed by atoms with Crippen LogP contribution in [0.2, 0.25) is 0 Å². The van der Waals surface area contributed by atoms with Crippen LogP contribution in [0.1, 0.15) is 45.6 Å². The van der Waals surface area contributed by atoms with Crippen molar-refractivity contribution in [2.45, 2.75) is 46.6 Å². The second-order valence-electron chi connectivity index (χ2n) is 6.92. The van der Waals surface area contributed by atoms with Gasteiger partial charge in [0.2, 0.25) is 0 Å². The van der Waals surface area contributed by atoms with Crippen LogP contribution in [0.5, 0.6) is 0 Å². The van der Waals surface area contributed by atoms with Crippen molar-refractivity contribution in [1.29, 1.82) is 0 Å². The smallest absolute Gasteiger partial charge is 0.129 e. The molecule has 0 spiro atoms. The Morgan fingerprint density at radius 2 is 2.00 bits per heavy atom. The first-order chi connectivity index (χ1) is 9.43. The van der Waals surface area contributed by atoms with Crippen molar-refractivity contribution in [2.24, 2.45) is 17.1 Å². The molecule has 20 heavy (non-hydrogen) atoms. The molecule has 2 N–H and O–H groups in total. The predicted octanol–water partition coefficient (Wildman–Crippen LogP) is 3.94. The van der Waals surface area contributed by atoms with Crippen LogP contribution in [0.25, 0.3) is 0 Å². The van der Waals surface area contributed by atoms with Crippen LogP contribution in [0, 0.1) is 17.2 Å². The number of anilines is 1.